The van der Waals surface area contributed by atoms with Gasteiger partial charge in [-0.3, -0.25) is 4.68 Å². The van der Waals surface area contributed by atoms with Crippen LogP contribution in [0.25, 0.3) is 0 Å². The van der Waals surface area contributed by atoms with Crippen molar-refractivity contribution >= 4 is 11.9 Å². The van der Waals surface area contributed by atoms with E-state index < -0.39 is 0 Å². The van der Waals surface area contributed by atoms with Crippen LogP contribution in [0, 0.1) is 31.1 Å². The second-order valence-corrected chi connectivity index (χ2v) is 9.79. The van der Waals surface area contributed by atoms with Gasteiger partial charge in [0.2, 0.25) is 0 Å². The molecule has 5 heteroatoms. The topological polar surface area (TPSA) is 62.8 Å². The van der Waals surface area contributed by atoms with Crippen molar-refractivity contribution in [2.75, 3.05) is 0 Å². The molecule has 5 rings (SSSR count). The van der Waals surface area contributed by atoms with Gasteiger partial charge in [0.15, 0.2) is 0 Å². The molecule has 0 amide bonds. The number of hydrogen-bond donors (Lipinski definition) is 1. The first-order valence-electron chi connectivity index (χ1n) is 11.3. The molecule has 0 unspecified atom stereocenters. The lowest BCUT2D eigenvalue weighted by Crippen LogP contribution is -2.42. The molecule has 158 valence electrons. The van der Waals surface area contributed by atoms with Gasteiger partial charge in [0.1, 0.15) is 5.75 Å². The van der Waals surface area contributed by atoms with E-state index in [4.69, 9.17) is 5.10 Å². The van der Waals surface area contributed by atoms with Crippen LogP contribution in [0.4, 0.5) is 0 Å². The summed E-state index contributed by atoms with van der Waals surface area (Å²) >= 11 is 0. The Morgan fingerprint density at radius 1 is 1.20 bits per heavy atom. The van der Waals surface area contributed by atoms with Gasteiger partial charge in [-0.15, -0.1) is 0 Å². The number of hydrogen-bond acceptors (Lipinski definition) is 4. The van der Waals surface area contributed by atoms with E-state index in [-0.39, 0.29) is 5.41 Å². The van der Waals surface area contributed by atoms with Crippen molar-refractivity contribution in [1.82, 2.24) is 9.78 Å². The van der Waals surface area contributed by atoms with Crippen molar-refractivity contribution in [2.45, 2.75) is 65.2 Å². The average molecular weight is 405 g/mol. The van der Waals surface area contributed by atoms with Crippen LogP contribution in [-0.2, 0) is 13.5 Å². The fourth-order valence-electron chi connectivity index (χ4n) is 6.65. The zero-order valence-corrected chi connectivity index (χ0v) is 18.5. The number of aromatic nitrogens is 2. The van der Waals surface area contributed by atoms with Crippen molar-refractivity contribution in [3.63, 3.8) is 0 Å². The summed E-state index contributed by atoms with van der Waals surface area (Å²) in [4.78, 5) is 0. The first kappa shape index (κ1) is 19.5. The van der Waals surface area contributed by atoms with E-state index in [1.165, 1.54) is 42.5 Å². The number of aromatic hydroxyl groups is 1. The highest BCUT2D eigenvalue weighted by molar-refractivity contribution is 5.93. The Morgan fingerprint density at radius 2 is 2.03 bits per heavy atom. The molecule has 4 atom stereocenters. The quantitative estimate of drug-likeness (QED) is 0.561. The average Bonchev–Trinajstić information content (AvgIpc) is 3.18. The monoisotopic (exact) mass is 404 g/mol. The Labute approximate surface area is 178 Å². The van der Waals surface area contributed by atoms with Crippen LogP contribution in [0.1, 0.15) is 73.0 Å². The smallest absolute Gasteiger partial charge is 0.115 e. The zero-order valence-electron chi connectivity index (χ0n) is 18.5. The van der Waals surface area contributed by atoms with Gasteiger partial charge in [-0.25, -0.2) is 0 Å². The molecule has 3 aliphatic carbocycles. The molecule has 1 heterocycles. The maximum Gasteiger partial charge on any atom is 0.115 e. The summed E-state index contributed by atoms with van der Waals surface area (Å²) in [5.74, 6) is 2.45. The lowest BCUT2D eigenvalue weighted by Gasteiger charge is -2.49. The third-order valence-corrected chi connectivity index (χ3v) is 8.38. The van der Waals surface area contributed by atoms with Gasteiger partial charge in [-0.1, -0.05) is 13.0 Å². The molecule has 2 saturated carbocycles. The highest BCUT2D eigenvalue weighted by Gasteiger charge is 2.53. The van der Waals surface area contributed by atoms with E-state index in [2.05, 4.69) is 30.1 Å². The molecule has 2 fully saturated rings. The lowest BCUT2D eigenvalue weighted by molar-refractivity contribution is 0.0955. The molecular weight excluding hydrogens is 372 g/mol. The summed E-state index contributed by atoms with van der Waals surface area (Å²) in [6.07, 6.45) is 8.88. The van der Waals surface area contributed by atoms with Crippen LogP contribution in [0.15, 0.2) is 28.4 Å². The van der Waals surface area contributed by atoms with Crippen molar-refractivity contribution in [3.05, 3.63) is 46.3 Å². The van der Waals surface area contributed by atoms with Gasteiger partial charge in [0.05, 0.1) is 11.9 Å². The summed E-state index contributed by atoms with van der Waals surface area (Å²) in [6, 6.07) is 6.03. The minimum atomic E-state index is 0.173. The number of fused-ring (bicyclic) bond motifs is 5. The van der Waals surface area contributed by atoms with Crippen molar-refractivity contribution < 1.29 is 5.11 Å². The van der Waals surface area contributed by atoms with E-state index in [9.17, 15) is 5.11 Å². The van der Waals surface area contributed by atoms with Gasteiger partial charge in [-0.2, -0.15) is 15.3 Å². The second-order valence-electron chi connectivity index (χ2n) is 9.79. The molecule has 3 aliphatic rings. The molecular formula is C25H32N4O. The number of nitrogens with zero attached hydrogens (tertiary/aromatic N) is 4. The molecule has 0 bridgehead atoms. The summed E-state index contributed by atoms with van der Waals surface area (Å²) < 4.78 is 1.90. The van der Waals surface area contributed by atoms with Crippen LogP contribution >= 0.6 is 0 Å². The molecule has 30 heavy (non-hydrogen) atoms. The highest BCUT2D eigenvalue weighted by atomic mass is 16.3. The predicted octanol–water partition coefficient (Wildman–Crippen LogP) is 5.07. The maximum absolute atomic E-state index is 9.88. The van der Waals surface area contributed by atoms with Crippen molar-refractivity contribution in [1.29, 1.82) is 0 Å². The van der Waals surface area contributed by atoms with Gasteiger partial charge in [0, 0.05) is 29.4 Å². The SMILES string of the molecule is Cc1nn(C)c(C)c1C=NN=C1CC[C@@H]2[C@@H]3CCc4cc(O)ccc4[C@@H]3CC[C@]12C. The van der Waals surface area contributed by atoms with Gasteiger partial charge >= 0.3 is 0 Å². The molecule has 0 saturated heterocycles. The Balaban J connectivity index is 1.39. The molecule has 1 N–H and O–H groups in total. The Hall–Kier alpha value is -2.43. The first-order chi connectivity index (χ1) is 14.4. The lowest BCUT2D eigenvalue weighted by atomic mass is 9.55. The highest BCUT2D eigenvalue weighted by Crippen LogP contribution is 2.60. The number of phenolic OH excluding ortho intramolecular Hbond substituents is 1. The van der Waals surface area contributed by atoms with E-state index >= 15 is 0 Å². The van der Waals surface area contributed by atoms with Crippen LogP contribution in [0.5, 0.6) is 5.75 Å². The maximum atomic E-state index is 9.88. The number of benzene rings is 1. The fourth-order valence-corrected chi connectivity index (χ4v) is 6.65. The van der Waals surface area contributed by atoms with E-state index in [1.54, 1.807) is 0 Å². The number of phenols is 1. The summed E-state index contributed by atoms with van der Waals surface area (Å²) in [5, 5.41) is 23.6. The minimum absolute atomic E-state index is 0.173. The molecule has 2 aromatic rings. The zero-order chi connectivity index (χ0) is 21.0. The van der Waals surface area contributed by atoms with Crippen LogP contribution in [0.3, 0.4) is 0 Å². The third kappa shape index (κ3) is 2.93. The van der Waals surface area contributed by atoms with E-state index in [0.29, 0.717) is 17.6 Å². The third-order valence-electron chi connectivity index (χ3n) is 8.38. The van der Waals surface area contributed by atoms with E-state index in [1.807, 2.05) is 37.0 Å². The first-order valence-corrected chi connectivity index (χ1v) is 11.3. The molecule has 1 aromatic carbocycles. The molecule has 1 aromatic heterocycles. The number of aryl methyl sites for hydroxylation is 3. The Kier molecular flexibility index (Phi) is 4.60. The Bertz CT molecular complexity index is 1050. The molecule has 0 aliphatic heterocycles. The molecule has 0 radical (unpaired) electrons. The number of rotatable bonds is 2. The largest absolute Gasteiger partial charge is 0.508 e. The Morgan fingerprint density at radius 3 is 2.80 bits per heavy atom. The van der Waals surface area contributed by atoms with Gasteiger partial charge < -0.3 is 5.11 Å². The van der Waals surface area contributed by atoms with Crippen LogP contribution < -0.4 is 0 Å². The van der Waals surface area contributed by atoms with Crippen molar-refractivity contribution in [2.24, 2.45) is 34.5 Å². The second kappa shape index (κ2) is 7.07. The fraction of sp³-hybridized carbons (Fsp3) is 0.560. The standard InChI is InChI=1S/C25H32N4O/c1-15-22(16(2)29(4)28-15)14-26-27-24-10-9-23-21-7-5-17-13-18(30)6-8-19(17)20(21)11-12-25(23,24)3/h6,8,13-14,20-21,23,30H,5,7,9-12H2,1-4H3/t20-,21+,23+,25-/m0/s1. The summed E-state index contributed by atoms with van der Waals surface area (Å²) in [7, 11) is 1.97. The normalized spacial score (nSPS) is 31.7. The molecule has 5 nitrogen and oxygen atoms in total. The summed E-state index contributed by atoms with van der Waals surface area (Å²) in [6.45, 7) is 6.53. The van der Waals surface area contributed by atoms with Crippen LogP contribution in [0.2, 0.25) is 0 Å². The van der Waals surface area contributed by atoms with Crippen LogP contribution in [-0.4, -0.2) is 26.8 Å². The van der Waals surface area contributed by atoms with Crippen molar-refractivity contribution in [3.8, 4) is 5.75 Å². The molecule has 0 spiro atoms. The predicted molar refractivity (Wildman–Crippen MR) is 120 cm³/mol. The van der Waals surface area contributed by atoms with Gasteiger partial charge in [-0.05, 0) is 93.4 Å². The van der Waals surface area contributed by atoms with Gasteiger partial charge in [0.25, 0.3) is 0 Å². The minimum Gasteiger partial charge on any atom is -0.508 e. The van der Waals surface area contributed by atoms with E-state index in [0.717, 1.165) is 35.7 Å². The summed E-state index contributed by atoms with van der Waals surface area (Å²) in [5.41, 5.74) is 7.51.